The lowest BCUT2D eigenvalue weighted by Crippen LogP contribution is -2.15. The molecule has 0 saturated carbocycles. The third-order valence-electron chi connectivity index (χ3n) is 4.19. The van der Waals surface area contributed by atoms with Crippen molar-refractivity contribution in [2.75, 3.05) is 20.3 Å². The number of hydrogen-bond acceptors (Lipinski definition) is 6. The molecule has 0 aliphatic heterocycles. The Morgan fingerprint density at radius 2 is 1.93 bits per heavy atom. The van der Waals surface area contributed by atoms with E-state index in [0.29, 0.717) is 29.1 Å². The van der Waals surface area contributed by atoms with Gasteiger partial charge in [-0.25, -0.2) is 4.79 Å². The lowest BCUT2D eigenvalue weighted by atomic mass is 10.0. The van der Waals surface area contributed by atoms with E-state index in [4.69, 9.17) is 18.6 Å². The molecule has 0 unspecified atom stereocenters. The van der Waals surface area contributed by atoms with Crippen LogP contribution in [0.4, 0.5) is 0 Å². The number of benzene rings is 2. The third kappa shape index (κ3) is 4.16. The predicted octanol–water partition coefficient (Wildman–Crippen LogP) is 4.60. The van der Waals surface area contributed by atoms with Gasteiger partial charge in [-0.15, -0.1) is 0 Å². The summed E-state index contributed by atoms with van der Waals surface area (Å²) in [5.41, 5.74) is 1.28. The van der Waals surface area contributed by atoms with Gasteiger partial charge in [-0.3, -0.25) is 4.79 Å². The molecule has 0 atom stereocenters. The smallest absolute Gasteiger partial charge is 0.375 e. The van der Waals surface area contributed by atoms with Crippen LogP contribution in [-0.2, 0) is 4.74 Å². The molecule has 6 nitrogen and oxygen atoms in total. The van der Waals surface area contributed by atoms with E-state index >= 15 is 0 Å². The molecule has 0 radical (unpaired) electrons. The first-order valence-corrected chi connectivity index (χ1v) is 9.14. The average molecular weight is 394 g/mol. The maximum Gasteiger partial charge on any atom is 0.375 e. The van der Waals surface area contributed by atoms with E-state index in [1.807, 2.05) is 6.92 Å². The number of esters is 1. The minimum absolute atomic E-state index is 0.101. The molecule has 0 aliphatic carbocycles. The topological polar surface area (TPSA) is 75.0 Å². The summed E-state index contributed by atoms with van der Waals surface area (Å²) in [6.45, 7) is 7.80. The lowest BCUT2D eigenvalue weighted by molar-refractivity contribution is 0.0492. The molecule has 1 heterocycles. The van der Waals surface area contributed by atoms with Crippen molar-refractivity contribution in [3.63, 3.8) is 0 Å². The highest BCUT2D eigenvalue weighted by atomic mass is 16.5. The summed E-state index contributed by atoms with van der Waals surface area (Å²) >= 11 is 0. The first-order chi connectivity index (χ1) is 14.0. The van der Waals surface area contributed by atoms with E-state index in [1.165, 1.54) is 7.11 Å². The molecule has 0 aliphatic rings. The molecule has 29 heavy (non-hydrogen) atoms. The molecule has 0 bridgehead atoms. The molecular formula is C23H22O6. The van der Waals surface area contributed by atoms with Crippen molar-refractivity contribution >= 4 is 16.9 Å². The van der Waals surface area contributed by atoms with E-state index < -0.39 is 5.97 Å². The largest absolute Gasteiger partial charge is 0.496 e. The molecule has 0 fully saturated rings. The zero-order valence-corrected chi connectivity index (χ0v) is 16.6. The Kier molecular flexibility index (Phi) is 6.02. The van der Waals surface area contributed by atoms with Crippen LogP contribution in [0, 0.1) is 0 Å². The summed E-state index contributed by atoms with van der Waals surface area (Å²) in [4.78, 5) is 25.9. The number of hydrogen-bond donors (Lipinski definition) is 0. The van der Waals surface area contributed by atoms with Crippen molar-refractivity contribution in [2.45, 2.75) is 13.8 Å². The number of methoxy groups -OCH3 is 1. The normalized spacial score (nSPS) is 10.6. The van der Waals surface area contributed by atoms with Gasteiger partial charge < -0.3 is 18.6 Å². The van der Waals surface area contributed by atoms with Crippen LogP contribution in [0.2, 0.25) is 0 Å². The van der Waals surface area contributed by atoms with Gasteiger partial charge in [-0.1, -0.05) is 24.8 Å². The second kappa shape index (κ2) is 8.65. The molecule has 2 aromatic carbocycles. The average Bonchev–Trinajstić information content (AvgIpc) is 2.72. The monoisotopic (exact) mass is 394 g/mol. The van der Waals surface area contributed by atoms with Crippen molar-refractivity contribution in [1.29, 1.82) is 0 Å². The quantitative estimate of drug-likeness (QED) is 0.431. The summed E-state index contributed by atoms with van der Waals surface area (Å²) < 4.78 is 22.0. The molecule has 0 saturated heterocycles. The van der Waals surface area contributed by atoms with Gasteiger partial charge in [-0.2, -0.15) is 0 Å². The highest BCUT2D eigenvalue weighted by molar-refractivity contribution is 5.98. The van der Waals surface area contributed by atoms with Gasteiger partial charge in [0.25, 0.3) is 0 Å². The minimum atomic E-state index is -0.722. The fraction of sp³-hybridized carbons (Fsp3) is 0.217. The Morgan fingerprint density at radius 3 is 2.62 bits per heavy atom. The number of para-hydroxylation sites is 1. The van der Waals surface area contributed by atoms with Crippen LogP contribution in [0.5, 0.6) is 11.5 Å². The Labute approximate surface area is 168 Å². The zero-order chi connectivity index (χ0) is 21.0. The molecule has 150 valence electrons. The highest BCUT2D eigenvalue weighted by Gasteiger charge is 2.25. The van der Waals surface area contributed by atoms with Gasteiger partial charge in [0.1, 0.15) is 23.7 Å². The maximum atomic E-state index is 13.3. The van der Waals surface area contributed by atoms with E-state index in [9.17, 15) is 9.59 Å². The lowest BCUT2D eigenvalue weighted by Gasteiger charge is -2.13. The first-order valence-electron chi connectivity index (χ1n) is 9.14. The first kappa shape index (κ1) is 20.2. The molecule has 0 N–H and O–H groups in total. The van der Waals surface area contributed by atoms with E-state index in [1.54, 1.807) is 49.4 Å². The second-order valence-electron chi connectivity index (χ2n) is 6.46. The fourth-order valence-electron chi connectivity index (χ4n) is 2.91. The molecule has 6 heteroatoms. The van der Waals surface area contributed by atoms with Crippen LogP contribution < -0.4 is 14.9 Å². The van der Waals surface area contributed by atoms with Gasteiger partial charge >= 0.3 is 5.97 Å². The summed E-state index contributed by atoms with van der Waals surface area (Å²) in [6, 6.07) is 11.8. The van der Waals surface area contributed by atoms with Crippen molar-refractivity contribution in [1.82, 2.24) is 0 Å². The van der Waals surface area contributed by atoms with Crippen molar-refractivity contribution in [3.8, 4) is 22.6 Å². The standard InChI is InChI=1S/C23H22O6/c1-5-27-23(25)22-20(16-8-6-7-9-18(16)26-4)21(24)17-11-10-15(12-19(17)29-22)28-13-14(2)3/h6-12H,2,5,13H2,1,3-4H3. The summed E-state index contributed by atoms with van der Waals surface area (Å²) in [5, 5.41) is 0.321. The molecule has 1 aromatic heterocycles. The van der Waals surface area contributed by atoms with E-state index in [0.717, 1.165) is 5.57 Å². The Balaban J connectivity index is 2.26. The number of ether oxygens (including phenoxy) is 3. The molecule has 0 spiro atoms. The van der Waals surface area contributed by atoms with Crippen LogP contribution in [0.3, 0.4) is 0 Å². The summed E-state index contributed by atoms with van der Waals surface area (Å²) in [6.07, 6.45) is 0. The van der Waals surface area contributed by atoms with Gasteiger partial charge in [-0.05, 0) is 37.6 Å². The third-order valence-corrected chi connectivity index (χ3v) is 4.19. The molecule has 3 aromatic rings. The van der Waals surface area contributed by atoms with Crippen LogP contribution in [0.25, 0.3) is 22.1 Å². The molecule has 0 amide bonds. The van der Waals surface area contributed by atoms with Crippen molar-refractivity contribution in [2.24, 2.45) is 0 Å². The van der Waals surface area contributed by atoms with Crippen molar-refractivity contribution < 1.29 is 23.4 Å². The van der Waals surface area contributed by atoms with Gasteiger partial charge in [0.05, 0.1) is 24.7 Å². The highest BCUT2D eigenvalue weighted by Crippen LogP contribution is 2.33. The predicted molar refractivity (Wildman–Crippen MR) is 111 cm³/mol. The summed E-state index contributed by atoms with van der Waals surface area (Å²) in [5.74, 6) is 0.0566. The summed E-state index contributed by atoms with van der Waals surface area (Å²) in [7, 11) is 1.50. The van der Waals surface area contributed by atoms with E-state index in [-0.39, 0.29) is 28.9 Å². The van der Waals surface area contributed by atoms with E-state index in [2.05, 4.69) is 6.58 Å². The van der Waals surface area contributed by atoms with Crippen LogP contribution in [0.15, 0.2) is 63.8 Å². The Morgan fingerprint density at radius 1 is 1.17 bits per heavy atom. The van der Waals surface area contributed by atoms with Gasteiger partial charge in [0.15, 0.2) is 0 Å². The molecular weight excluding hydrogens is 372 g/mol. The maximum absolute atomic E-state index is 13.3. The zero-order valence-electron chi connectivity index (χ0n) is 16.6. The second-order valence-corrected chi connectivity index (χ2v) is 6.46. The van der Waals surface area contributed by atoms with Crippen LogP contribution in [-0.4, -0.2) is 26.3 Å². The fourth-order valence-corrected chi connectivity index (χ4v) is 2.91. The Hall–Kier alpha value is -3.54. The molecule has 3 rings (SSSR count). The number of carbonyl (C=O) groups excluding carboxylic acids is 1. The number of rotatable bonds is 7. The number of carbonyl (C=O) groups is 1. The van der Waals surface area contributed by atoms with Crippen LogP contribution >= 0.6 is 0 Å². The van der Waals surface area contributed by atoms with Gasteiger partial charge in [0.2, 0.25) is 11.2 Å². The Bertz CT molecular complexity index is 1130. The van der Waals surface area contributed by atoms with Crippen LogP contribution in [0.1, 0.15) is 24.4 Å². The number of fused-ring (bicyclic) bond motifs is 1. The SMILES string of the molecule is C=C(C)COc1ccc2c(=O)c(-c3ccccc3OC)c(C(=O)OCC)oc2c1. The van der Waals surface area contributed by atoms with Gasteiger partial charge in [0, 0.05) is 11.6 Å². The van der Waals surface area contributed by atoms with Crippen molar-refractivity contribution in [3.05, 3.63) is 70.6 Å². The minimum Gasteiger partial charge on any atom is -0.496 e.